The molecule has 0 bridgehead atoms. The van der Waals surface area contributed by atoms with Crippen molar-refractivity contribution in [3.63, 3.8) is 0 Å². The molecule has 0 saturated carbocycles. The Labute approximate surface area is 128 Å². The van der Waals surface area contributed by atoms with Gasteiger partial charge in [0.05, 0.1) is 5.02 Å². The van der Waals surface area contributed by atoms with Gasteiger partial charge in [0.2, 0.25) is 0 Å². The van der Waals surface area contributed by atoms with E-state index >= 15 is 0 Å². The summed E-state index contributed by atoms with van der Waals surface area (Å²) in [4.78, 5) is 16.1. The standard InChI is InChI=1S/C11H9BrClN3O3S/c12-7-3-4-10(8(13)6-7)20(18,19)16-15-11(17)9-2-1-5-14-9/h1-6,14,16H,(H,15,17). The molecule has 20 heavy (non-hydrogen) atoms. The number of carbonyl (C=O) groups is 1. The van der Waals surface area contributed by atoms with Crippen LogP contribution in [-0.2, 0) is 10.0 Å². The zero-order valence-electron chi connectivity index (χ0n) is 9.85. The molecule has 6 nitrogen and oxygen atoms in total. The molecule has 1 aromatic carbocycles. The Bertz CT molecular complexity index is 731. The van der Waals surface area contributed by atoms with Crippen molar-refractivity contribution < 1.29 is 13.2 Å². The van der Waals surface area contributed by atoms with E-state index in [0.717, 1.165) is 0 Å². The van der Waals surface area contributed by atoms with Gasteiger partial charge in [-0.05, 0) is 30.3 Å². The average Bonchev–Trinajstić information content (AvgIpc) is 2.89. The van der Waals surface area contributed by atoms with Crippen molar-refractivity contribution in [2.24, 2.45) is 0 Å². The summed E-state index contributed by atoms with van der Waals surface area (Å²) in [5, 5.41) is 0.0426. The first kappa shape index (κ1) is 15.0. The molecule has 0 aliphatic carbocycles. The summed E-state index contributed by atoms with van der Waals surface area (Å²) < 4.78 is 24.7. The molecule has 2 rings (SSSR count). The van der Waals surface area contributed by atoms with Gasteiger partial charge in [-0.3, -0.25) is 10.2 Å². The molecule has 0 saturated heterocycles. The van der Waals surface area contributed by atoms with Gasteiger partial charge in [0, 0.05) is 10.7 Å². The highest BCUT2D eigenvalue weighted by Gasteiger charge is 2.19. The molecule has 1 aromatic heterocycles. The third kappa shape index (κ3) is 3.40. The third-order valence-electron chi connectivity index (χ3n) is 2.32. The number of carbonyl (C=O) groups excluding carboxylic acids is 1. The van der Waals surface area contributed by atoms with Crippen LogP contribution in [0.25, 0.3) is 0 Å². The number of hydrogen-bond acceptors (Lipinski definition) is 3. The van der Waals surface area contributed by atoms with Crippen molar-refractivity contribution in [3.8, 4) is 0 Å². The number of halogens is 2. The molecule has 3 N–H and O–H groups in total. The number of hydrazine groups is 1. The Balaban J connectivity index is 2.14. The molecular weight excluding hydrogens is 370 g/mol. The highest BCUT2D eigenvalue weighted by molar-refractivity contribution is 9.10. The summed E-state index contributed by atoms with van der Waals surface area (Å²) in [6.45, 7) is 0. The number of aromatic amines is 1. The molecule has 2 aromatic rings. The van der Waals surface area contributed by atoms with E-state index in [4.69, 9.17) is 11.6 Å². The van der Waals surface area contributed by atoms with Crippen LogP contribution in [0.2, 0.25) is 5.02 Å². The van der Waals surface area contributed by atoms with E-state index in [-0.39, 0.29) is 15.6 Å². The normalized spacial score (nSPS) is 11.3. The Hall–Kier alpha value is -1.35. The maximum absolute atomic E-state index is 12.0. The van der Waals surface area contributed by atoms with Gasteiger partial charge in [-0.15, -0.1) is 4.83 Å². The van der Waals surface area contributed by atoms with Crippen LogP contribution in [0.3, 0.4) is 0 Å². The second kappa shape index (κ2) is 5.96. The second-order valence-electron chi connectivity index (χ2n) is 3.72. The number of aromatic nitrogens is 1. The van der Waals surface area contributed by atoms with E-state index in [0.29, 0.717) is 4.47 Å². The quantitative estimate of drug-likeness (QED) is 0.711. The fraction of sp³-hybridized carbons (Fsp3) is 0. The lowest BCUT2D eigenvalue weighted by Gasteiger charge is -2.09. The predicted molar refractivity (Wildman–Crippen MR) is 77.7 cm³/mol. The van der Waals surface area contributed by atoms with Crippen molar-refractivity contribution >= 4 is 43.5 Å². The van der Waals surface area contributed by atoms with Gasteiger partial charge >= 0.3 is 0 Å². The number of amides is 1. The summed E-state index contributed by atoms with van der Waals surface area (Å²) in [6, 6.07) is 7.44. The van der Waals surface area contributed by atoms with Gasteiger partial charge in [-0.1, -0.05) is 27.5 Å². The lowest BCUT2D eigenvalue weighted by molar-refractivity contribution is 0.0940. The molecule has 0 spiro atoms. The summed E-state index contributed by atoms with van der Waals surface area (Å²) in [5.41, 5.74) is 2.32. The lowest BCUT2D eigenvalue weighted by atomic mass is 10.4. The molecule has 0 fully saturated rings. The molecule has 1 amide bonds. The topological polar surface area (TPSA) is 91.1 Å². The molecule has 0 radical (unpaired) electrons. The number of H-pyrrole nitrogens is 1. The van der Waals surface area contributed by atoms with Crippen LogP contribution in [0.15, 0.2) is 45.9 Å². The molecule has 1 heterocycles. The number of rotatable bonds is 4. The fourth-order valence-electron chi connectivity index (χ4n) is 1.40. The zero-order chi connectivity index (χ0) is 14.8. The first-order valence-electron chi connectivity index (χ1n) is 5.31. The van der Waals surface area contributed by atoms with Crippen LogP contribution in [0, 0.1) is 0 Å². The number of benzene rings is 1. The fourth-order valence-corrected chi connectivity index (χ4v) is 3.28. The smallest absolute Gasteiger partial charge is 0.282 e. The van der Waals surface area contributed by atoms with Crippen LogP contribution in [0.1, 0.15) is 10.5 Å². The minimum atomic E-state index is -3.94. The van der Waals surface area contributed by atoms with Crippen LogP contribution >= 0.6 is 27.5 Å². The van der Waals surface area contributed by atoms with E-state index in [1.165, 1.54) is 24.3 Å². The minimum absolute atomic E-state index is 0.0426. The summed E-state index contributed by atoms with van der Waals surface area (Å²) in [5.74, 6) is -0.605. The number of nitrogens with one attached hydrogen (secondary N) is 3. The molecule has 106 valence electrons. The first-order chi connectivity index (χ1) is 9.40. The van der Waals surface area contributed by atoms with Crippen molar-refractivity contribution in [1.29, 1.82) is 0 Å². The van der Waals surface area contributed by atoms with Gasteiger partial charge in [0.25, 0.3) is 15.9 Å². The molecule has 0 aliphatic heterocycles. The Morgan fingerprint density at radius 1 is 1.30 bits per heavy atom. The Morgan fingerprint density at radius 2 is 2.05 bits per heavy atom. The van der Waals surface area contributed by atoms with E-state index in [2.05, 4.69) is 26.3 Å². The van der Waals surface area contributed by atoms with Crippen LogP contribution in [0.4, 0.5) is 0 Å². The predicted octanol–water partition coefficient (Wildman–Crippen LogP) is 2.05. The van der Waals surface area contributed by atoms with E-state index in [1.807, 2.05) is 4.83 Å². The Kier molecular flexibility index (Phi) is 4.48. The third-order valence-corrected chi connectivity index (χ3v) is 4.55. The number of sulfonamides is 1. The van der Waals surface area contributed by atoms with Gasteiger partial charge in [0.15, 0.2) is 0 Å². The van der Waals surface area contributed by atoms with Crippen LogP contribution in [0.5, 0.6) is 0 Å². The summed E-state index contributed by atoms with van der Waals surface area (Å²) >= 11 is 9.04. The van der Waals surface area contributed by atoms with Crippen molar-refractivity contribution in [2.45, 2.75) is 4.90 Å². The second-order valence-corrected chi connectivity index (χ2v) is 6.69. The first-order valence-corrected chi connectivity index (χ1v) is 7.96. The average molecular weight is 379 g/mol. The van der Waals surface area contributed by atoms with Gasteiger partial charge < -0.3 is 4.98 Å². The monoisotopic (exact) mass is 377 g/mol. The number of hydrogen-bond donors (Lipinski definition) is 3. The molecule has 0 unspecified atom stereocenters. The largest absolute Gasteiger partial charge is 0.357 e. The molecule has 9 heteroatoms. The van der Waals surface area contributed by atoms with Gasteiger partial charge in [0.1, 0.15) is 10.6 Å². The SMILES string of the molecule is O=C(NNS(=O)(=O)c1ccc(Br)cc1Cl)c1ccc[nH]1. The van der Waals surface area contributed by atoms with Crippen molar-refractivity contribution in [3.05, 3.63) is 51.7 Å². The van der Waals surface area contributed by atoms with E-state index < -0.39 is 15.9 Å². The maximum Gasteiger partial charge on any atom is 0.282 e. The van der Waals surface area contributed by atoms with Crippen LogP contribution < -0.4 is 10.3 Å². The molecule has 0 aliphatic rings. The summed E-state index contributed by atoms with van der Waals surface area (Å²) in [7, 11) is -3.94. The van der Waals surface area contributed by atoms with Gasteiger partial charge in [-0.2, -0.15) is 0 Å². The van der Waals surface area contributed by atoms with Gasteiger partial charge in [-0.25, -0.2) is 8.42 Å². The van der Waals surface area contributed by atoms with Crippen LogP contribution in [-0.4, -0.2) is 19.3 Å². The lowest BCUT2D eigenvalue weighted by Crippen LogP contribution is -2.41. The zero-order valence-corrected chi connectivity index (χ0v) is 13.0. The van der Waals surface area contributed by atoms with E-state index in [1.54, 1.807) is 12.3 Å². The highest BCUT2D eigenvalue weighted by Crippen LogP contribution is 2.24. The maximum atomic E-state index is 12.0. The Morgan fingerprint density at radius 3 is 2.65 bits per heavy atom. The van der Waals surface area contributed by atoms with Crippen molar-refractivity contribution in [2.75, 3.05) is 0 Å². The minimum Gasteiger partial charge on any atom is -0.357 e. The molecule has 0 atom stereocenters. The summed E-state index contributed by atoms with van der Waals surface area (Å²) in [6.07, 6.45) is 1.55. The van der Waals surface area contributed by atoms with Crippen molar-refractivity contribution in [1.82, 2.24) is 15.2 Å². The van der Waals surface area contributed by atoms with E-state index in [9.17, 15) is 13.2 Å². The molecular formula is C11H9BrClN3O3S. The highest BCUT2D eigenvalue weighted by atomic mass is 79.9.